The molecule has 65 heavy (non-hydrogen) atoms. The summed E-state index contributed by atoms with van der Waals surface area (Å²) in [6.07, 6.45) is 18.4. The van der Waals surface area contributed by atoms with Gasteiger partial charge >= 0.3 is 0 Å². The Kier molecular flexibility index (Phi) is 17.6. The molecule has 7 N–H and O–H groups in total. The number of aromatic nitrogens is 1. The number of allylic oxidation sites excluding steroid dienone is 1. The maximum absolute atomic E-state index is 13.5. The molecule has 2 fully saturated rings. The number of carbonyl (C=O) groups excluding carboxylic acids is 2. The molecular formula is C55H70N4O6. The third-order valence-corrected chi connectivity index (χ3v) is 14.3. The average molecular weight is 883 g/mol. The second-order valence-corrected chi connectivity index (χ2v) is 18.8. The van der Waals surface area contributed by atoms with Crippen LogP contribution in [0, 0.1) is 29.6 Å². The standard InChI is InChI=1S/C55H70N4O6/c1-65-53-33-50(43(30-52(53)64)28-44-35-59-54(56)31-41(44)20-19-40-12-5-11-39(25-40)18-17-37-9-3-2-4-10-37)46(36-61)29-48(63)32-47(62)16-6-13-38(14-8-24-60)26-51-49-21-23-57-34-45(49)27-42-15-7-22-58-55(42)51/h2-5,7,9-12,15,25,29-31,33,35,38,42,45,49,51,55,57-58,60-61,64H,6,8,13-14,16-24,26-28,32,34,36H2,1H3,(H2,56,59). The number of phenols is 1. The number of hydrogen-bond acceptors (Lipinski definition) is 10. The zero-order valence-corrected chi connectivity index (χ0v) is 38.2. The van der Waals surface area contributed by atoms with Gasteiger partial charge in [-0.3, -0.25) is 9.59 Å². The molecule has 10 nitrogen and oxygen atoms in total. The van der Waals surface area contributed by atoms with Crippen LogP contribution in [0.15, 0.2) is 97.2 Å². The summed E-state index contributed by atoms with van der Waals surface area (Å²) in [5.74, 6) is 2.95. The second-order valence-electron chi connectivity index (χ2n) is 18.8. The first-order chi connectivity index (χ1) is 31.7. The van der Waals surface area contributed by atoms with Crippen LogP contribution < -0.4 is 21.1 Å². The number of rotatable bonds is 23. The van der Waals surface area contributed by atoms with Gasteiger partial charge in [-0.15, -0.1) is 0 Å². The average Bonchev–Trinajstić information content (AvgIpc) is 3.32. The molecule has 7 rings (SSSR count). The fraction of sp³-hybridized carbons (Fsp3) is 0.473. The minimum atomic E-state index is -0.452. The zero-order chi connectivity index (χ0) is 45.5. The molecule has 0 amide bonds. The number of anilines is 1. The van der Waals surface area contributed by atoms with E-state index in [1.807, 2.05) is 12.1 Å². The fourth-order valence-electron chi connectivity index (χ4n) is 11.1. The van der Waals surface area contributed by atoms with Crippen molar-refractivity contribution in [3.8, 4) is 11.5 Å². The summed E-state index contributed by atoms with van der Waals surface area (Å²) in [5.41, 5.74) is 13.5. The molecule has 4 aromatic rings. The van der Waals surface area contributed by atoms with Crippen molar-refractivity contribution < 1.29 is 29.6 Å². The van der Waals surface area contributed by atoms with Gasteiger partial charge in [-0.2, -0.15) is 0 Å². The number of Topliss-reactive ketones (excluding diaryl/α,β-unsaturated/α-hetero) is 1. The topological polar surface area (TPSA) is 167 Å². The molecule has 3 aliphatic rings. The molecular weight excluding hydrogens is 813 g/mol. The maximum atomic E-state index is 13.5. The van der Waals surface area contributed by atoms with E-state index in [0.29, 0.717) is 83.8 Å². The summed E-state index contributed by atoms with van der Waals surface area (Å²) in [6, 6.07) is 24.8. The molecule has 1 saturated heterocycles. The van der Waals surface area contributed by atoms with Crippen LogP contribution in [0.3, 0.4) is 0 Å². The molecule has 10 heteroatoms. The van der Waals surface area contributed by atoms with Crippen molar-refractivity contribution in [3.05, 3.63) is 136 Å². The molecule has 3 heterocycles. The number of piperidine rings is 1. The highest BCUT2D eigenvalue weighted by Crippen LogP contribution is 2.46. The van der Waals surface area contributed by atoms with Crippen LogP contribution in [0.25, 0.3) is 5.57 Å². The normalized spacial score (nSPS) is 21.0. The Labute approximate surface area is 385 Å². The van der Waals surface area contributed by atoms with E-state index in [4.69, 9.17) is 10.5 Å². The van der Waals surface area contributed by atoms with E-state index in [0.717, 1.165) is 75.7 Å². The van der Waals surface area contributed by atoms with Gasteiger partial charge in [0, 0.05) is 31.8 Å². The van der Waals surface area contributed by atoms with Crippen molar-refractivity contribution in [1.29, 1.82) is 0 Å². The van der Waals surface area contributed by atoms with Gasteiger partial charge in [-0.25, -0.2) is 4.98 Å². The Morgan fingerprint density at radius 1 is 0.923 bits per heavy atom. The van der Waals surface area contributed by atoms with Crippen molar-refractivity contribution in [2.45, 2.75) is 95.9 Å². The van der Waals surface area contributed by atoms with E-state index in [1.54, 1.807) is 18.3 Å². The molecule has 3 aromatic carbocycles. The summed E-state index contributed by atoms with van der Waals surface area (Å²) in [6.45, 7) is 2.78. The van der Waals surface area contributed by atoms with Gasteiger partial charge in [0.05, 0.1) is 20.1 Å². The summed E-state index contributed by atoms with van der Waals surface area (Å²) in [5, 5.41) is 38.9. The second kappa shape index (κ2) is 23.9. The van der Waals surface area contributed by atoms with E-state index in [-0.39, 0.29) is 36.1 Å². The highest BCUT2D eigenvalue weighted by molar-refractivity contribution is 6.07. The number of nitrogens with two attached hydrogens (primary N) is 1. The number of ether oxygens (including phenoxy) is 1. The number of carbonyl (C=O) groups is 2. The third-order valence-electron chi connectivity index (χ3n) is 14.3. The van der Waals surface area contributed by atoms with Gasteiger partial charge in [0.2, 0.25) is 0 Å². The van der Waals surface area contributed by atoms with Gasteiger partial charge < -0.3 is 36.4 Å². The SMILES string of the molecule is COc1cc(C(=CC(=O)CC(=O)CCCC(CCCO)CC2C3CCNCC3CC3C=CCNC32)CO)c(Cc2cnc(N)cc2CCc2cccc(CCc3ccccc3)c2)cc1O. The van der Waals surface area contributed by atoms with E-state index in [2.05, 4.69) is 76.3 Å². The van der Waals surface area contributed by atoms with Gasteiger partial charge in [-0.1, -0.05) is 73.2 Å². The quantitative estimate of drug-likeness (QED) is 0.0246. The minimum Gasteiger partial charge on any atom is -0.504 e. The van der Waals surface area contributed by atoms with Crippen LogP contribution in [0.1, 0.15) is 96.7 Å². The fourth-order valence-corrected chi connectivity index (χ4v) is 11.1. The minimum absolute atomic E-state index is 0.0645. The molecule has 0 bridgehead atoms. The summed E-state index contributed by atoms with van der Waals surface area (Å²) in [4.78, 5) is 31.3. The van der Waals surface area contributed by atoms with E-state index >= 15 is 0 Å². The number of aromatic hydroxyl groups is 1. The van der Waals surface area contributed by atoms with Crippen molar-refractivity contribution in [2.75, 3.05) is 45.7 Å². The van der Waals surface area contributed by atoms with Crippen molar-refractivity contribution in [3.63, 3.8) is 0 Å². The predicted molar refractivity (Wildman–Crippen MR) is 259 cm³/mol. The number of phenolic OH excluding ortho intramolecular Hbond substituents is 1. The predicted octanol–water partition coefficient (Wildman–Crippen LogP) is 7.78. The number of benzene rings is 3. The Balaban J connectivity index is 0.992. The first kappa shape index (κ1) is 47.8. The van der Waals surface area contributed by atoms with Gasteiger partial charge in [0.15, 0.2) is 17.3 Å². The Hall–Kier alpha value is -5.13. The number of methoxy groups -OCH3 is 1. The number of aliphatic hydroxyl groups is 2. The van der Waals surface area contributed by atoms with Gasteiger partial charge in [0.25, 0.3) is 0 Å². The summed E-state index contributed by atoms with van der Waals surface area (Å²) < 4.78 is 5.47. The molecule has 6 unspecified atom stereocenters. The molecule has 0 spiro atoms. The molecule has 6 atom stereocenters. The van der Waals surface area contributed by atoms with Crippen LogP contribution in [0.5, 0.6) is 11.5 Å². The molecule has 1 aliphatic carbocycles. The molecule has 0 radical (unpaired) electrons. The van der Waals surface area contributed by atoms with E-state index in [1.165, 1.54) is 42.7 Å². The number of ketones is 2. The number of nitrogen functional groups attached to an aromatic ring is 1. The largest absolute Gasteiger partial charge is 0.504 e. The highest BCUT2D eigenvalue weighted by Gasteiger charge is 2.45. The van der Waals surface area contributed by atoms with Crippen LogP contribution >= 0.6 is 0 Å². The monoisotopic (exact) mass is 883 g/mol. The molecule has 2 aliphatic heterocycles. The van der Waals surface area contributed by atoms with E-state index < -0.39 is 6.61 Å². The number of pyridine rings is 1. The summed E-state index contributed by atoms with van der Waals surface area (Å²) in [7, 11) is 1.46. The third kappa shape index (κ3) is 13.3. The number of nitrogens with one attached hydrogen (secondary N) is 2. The first-order valence-electron chi connectivity index (χ1n) is 24.0. The lowest BCUT2D eigenvalue weighted by atomic mass is 9.60. The van der Waals surface area contributed by atoms with Crippen molar-refractivity contribution in [1.82, 2.24) is 15.6 Å². The number of hydrogen-bond donors (Lipinski definition) is 6. The Bertz CT molecular complexity index is 2260. The summed E-state index contributed by atoms with van der Waals surface area (Å²) >= 11 is 0. The number of nitrogens with zero attached hydrogens (tertiary/aromatic N) is 1. The highest BCUT2D eigenvalue weighted by atomic mass is 16.5. The van der Waals surface area contributed by atoms with Crippen LogP contribution in [-0.4, -0.2) is 77.9 Å². The van der Waals surface area contributed by atoms with Crippen LogP contribution in [-0.2, 0) is 41.7 Å². The smallest absolute Gasteiger partial charge is 0.163 e. The zero-order valence-electron chi connectivity index (χ0n) is 38.2. The number of aryl methyl sites for hydroxylation is 4. The lowest BCUT2D eigenvalue weighted by Gasteiger charge is -2.51. The Morgan fingerprint density at radius 3 is 2.48 bits per heavy atom. The Morgan fingerprint density at radius 2 is 1.69 bits per heavy atom. The number of aliphatic hydroxyl groups excluding tert-OH is 2. The van der Waals surface area contributed by atoms with Crippen LogP contribution in [0.4, 0.5) is 5.82 Å². The lowest BCUT2D eigenvalue weighted by Crippen LogP contribution is -2.56. The van der Waals surface area contributed by atoms with Gasteiger partial charge in [0.1, 0.15) is 11.6 Å². The van der Waals surface area contributed by atoms with Crippen LogP contribution in [0.2, 0.25) is 0 Å². The van der Waals surface area contributed by atoms with E-state index in [9.17, 15) is 24.9 Å². The molecule has 346 valence electrons. The molecule has 1 saturated carbocycles. The lowest BCUT2D eigenvalue weighted by molar-refractivity contribution is -0.124. The van der Waals surface area contributed by atoms with Crippen molar-refractivity contribution in [2.24, 2.45) is 29.6 Å². The maximum Gasteiger partial charge on any atom is 0.163 e. The molecule has 1 aromatic heterocycles. The number of fused-ring (bicyclic) bond motifs is 2. The first-order valence-corrected chi connectivity index (χ1v) is 24.0. The van der Waals surface area contributed by atoms with Gasteiger partial charge in [-0.05, 0) is 182 Å². The van der Waals surface area contributed by atoms with Crippen molar-refractivity contribution >= 4 is 23.0 Å².